The van der Waals surface area contributed by atoms with Crippen LogP contribution in [0, 0.1) is 0 Å². The van der Waals surface area contributed by atoms with Crippen LogP contribution in [-0.2, 0) is 11.2 Å². The number of amides is 1. The normalized spacial score (nSPS) is 11.7. The van der Waals surface area contributed by atoms with Crippen molar-refractivity contribution in [2.75, 3.05) is 12.4 Å². The van der Waals surface area contributed by atoms with Gasteiger partial charge < -0.3 is 15.8 Å². The van der Waals surface area contributed by atoms with E-state index in [0.717, 1.165) is 11.3 Å². The molecule has 0 fully saturated rings. The predicted molar refractivity (Wildman–Crippen MR) is 79.7 cm³/mol. The van der Waals surface area contributed by atoms with Crippen LogP contribution in [0.25, 0.3) is 0 Å². The number of rotatable bonds is 6. The van der Waals surface area contributed by atoms with Crippen LogP contribution in [0.15, 0.2) is 54.6 Å². The van der Waals surface area contributed by atoms with E-state index in [4.69, 9.17) is 10.5 Å². The van der Waals surface area contributed by atoms with E-state index in [0.29, 0.717) is 12.2 Å². The first kappa shape index (κ1) is 13.9. The van der Waals surface area contributed by atoms with E-state index in [1.54, 1.807) is 7.11 Å². The minimum atomic E-state index is -0.478. The van der Waals surface area contributed by atoms with Crippen molar-refractivity contribution in [1.29, 1.82) is 0 Å². The molecule has 0 saturated heterocycles. The Morgan fingerprint density at radius 3 is 2.45 bits per heavy atom. The van der Waals surface area contributed by atoms with Crippen LogP contribution in [0.4, 0.5) is 5.69 Å². The van der Waals surface area contributed by atoms with Crippen molar-refractivity contribution in [3.63, 3.8) is 0 Å². The zero-order valence-electron chi connectivity index (χ0n) is 11.4. The maximum absolute atomic E-state index is 11.6. The molecule has 1 atom stereocenters. The summed E-state index contributed by atoms with van der Waals surface area (Å²) in [6.07, 6.45) is 0.536. The van der Waals surface area contributed by atoms with Gasteiger partial charge in [0.25, 0.3) is 0 Å². The number of nitrogens with two attached hydrogens (primary N) is 1. The molecule has 2 aromatic carbocycles. The third-order valence-corrected chi connectivity index (χ3v) is 3.06. The second-order valence-electron chi connectivity index (χ2n) is 4.49. The van der Waals surface area contributed by atoms with Crippen LogP contribution in [0.2, 0.25) is 0 Å². The van der Waals surface area contributed by atoms with Gasteiger partial charge >= 0.3 is 0 Å². The number of carbonyl (C=O) groups is 1. The Hall–Kier alpha value is -2.49. The fourth-order valence-corrected chi connectivity index (χ4v) is 2.02. The smallest absolute Gasteiger partial charge is 0.240 e. The van der Waals surface area contributed by atoms with Crippen LogP contribution in [0.3, 0.4) is 0 Å². The number of ether oxygens (including phenoxy) is 1. The SMILES string of the molecule is COc1ccccc1NC(Cc1ccccc1)C(N)=O. The largest absolute Gasteiger partial charge is 0.495 e. The van der Waals surface area contributed by atoms with Gasteiger partial charge in [-0.1, -0.05) is 42.5 Å². The highest BCUT2D eigenvalue weighted by Gasteiger charge is 2.17. The fourth-order valence-electron chi connectivity index (χ4n) is 2.02. The van der Waals surface area contributed by atoms with E-state index >= 15 is 0 Å². The summed E-state index contributed by atoms with van der Waals surface area (Å²) in [5.74, 6) is 0.298. The van der Waals surface area contributed by atoms with Gasteiger partial charge in [-0.05, 0) is 17.7 Å². The van der Waals surface area contributed by atoms with Gasteiger partial charge in [-0.15, -0.1) is 0 Å². The molecule has 4 nitrogen and oxygen atoms in total. The monoisotopic (exact) mass is 270 g/mol. The number of carbonyl (C=O) groups excluding carboxylic acids is 1. The van der Waals surface area contributed by atoms with Crippen LogP contribution in [0.1, 0.15) is 5.56 Å². The van der Waals surface area contributed by atoms with Crippen molar-refractivity contribution in [2.45, 2.75) is 12.5 Å². The zero-order chi connectivity index (χ0) is 14.4. The highest BCUT2D eigenvalue weighted by Crippen LogP contribution is 2.24. The number of benzene rings is 2. The number of methoxy groups -OCH3 is 1. The highest BCUT2D eigenvalue weighted by molar-refractivity contribution is 5.84. The molecule has 0 aromatic heterocycles. The van der Waals surface area contributed by atoms with Crippen LogP contribution in [-0.4, -0.2) is 19.1 Å². The van der Waals surface area contributed by atoms with Gasteiger partial charge in [-0.3, -0.25) is 4.79 Å². The molecule has 1 unspecified atom stereocenters. The number of hydrogen-bond donors (Lipinski definition) is 2. The van der Waals surface area contributed by atoms with E-state index in [1.165, 1.54) is 0 Å². The lowest BCUT2D eigenvalue weighted by molar-refractivity contribution is -0.118. The molecule has 0 aliphatic carbocycles. The number of hydrogen-bond acceptors (Lipinski definition) is 3. The summed E-state index contributed by atoms with van der Waals surface area (Å²) in [6, 6.07) is 16.7. The Labute approximate surface area is 118 Å². The number of primary amides is 1. The van der Waals surface area contributed by atoms with E-state index < -0.39 is 6.04 Å². The highest BCUT2D eigenvalue weighted by atomic mass is 16.5. The van der Waals surface area contributed by atoms with Gasteiger partial charge in [0.05, 0.1) is 12.8 Å². The third kappa shape index (κ3) is 3.51. The number of anilines is 1. The van der Waals surface area contributed by atoms with E-state index in [1.807, 2.05) is 54.6 Å². The first-order valence-electron chi connectivity index (χ1n) is 6.43. The van der Waals surface area contributed by atoms with Crippen molar-refractivity contribution >= 4 is 11.6 Å². The minimum Gasteiger partial charge on any atom is -0.495 e. The zero-order valence-corrected chi connectivity index (χ0v) is 11.4. The minimum absolute atomic E-state index is 0.389. The van der Waals surface area contributed by atoms with E-state index in [9.17, 15) is 4.79 Å². The lowest BCUT2D eigenvalue weighted by Gasteiger charge is -2.18. The topological polar surface area (TPSA) is 64.3 Å². The molecule has 0 spiro atoms. The van der Waals surface area contributed by atoms with Crippen molar-refractivity contribution in [3.8, 4) is 5.75 Å². The summed E-state index contributed by atoms with van der Waals surface area (Å²) in [5.41, 5.74) is 7.30. The maximum Gasteiger partial charge on any atom is 0.240 e. The second-order valence-corrected chi connectivity index (χ2v) is 4.49. The Kier molecular flexibility index (Phi) is 4.60. The Morgan fingerprint density at radius 1 is 1.15 bits per heavy atom. The van der Waals surface area contributed by atoms with E-state index in [2.05, 4.69) is 5.32 Å². The van der Waals surface area contributed by atoms with Crippen molar-refractivity contribution in [2.24, 2.45) is 5.73 Å². The Morgan fingerprint density at radius 2 is 1.80 bits per heavy atom. The molecular weight excluding hydrogens is 252 g/mol. The molecule has 0 aliphatic rings. The van der Waals surface area contributed by atoms with Gasteiger partial charge in [0.1, 0.15) is 11.8 Å². The van der Waals surface area contributed by atoms with Crippen LogP contribution in [0.5, 0.6) is 5.75 Å². The fraction of sp³-hybridized carbons (Fsp3) is 0.188. The molecule has 20 heavy (non-hydrogen) atoms. The second kappa shape index (κ2) is 6.61. The molecule has 3 N–H and O–H groups in total. The molecule has 0 bridgehead atoms. The van der Waals surface area contributed by atoms with Crippen molar-refractivity contribution in [3.05, 3.63) is 60.2 Å². The molecule has 2 rings (SSSR count). The average Bonchev–Trinajstić information content (AvgIpc) is 2.48. The molecule has 1 amide bonds. The van der Waals surface area contributed by atoms with Gasteiger partial charge in [-0.2, -0.15) is 0 Å². The first-order chi connectivity index (χ1) is 9.70. The molecule has 0 saturated carbocycles. The lowest BCUT2D eigenvalue weighted by Crippen LogP contribution is -2.37. The summed E-state index contributed by atoms with van der Waals surface area (Å²) in [7, 11) is 1.59. The summed E-state index contributed by atoms with van der Waals surface area (Å²) < 4.78 is 5.26. The van der Waals surface area contributed by atoms with Gasteiger partial charge in [0.2, 0.25) is 5.91 Å². The standard InChI is InChI=1S/C16H18N2O2/c1-20-15-10-6-5-9-13(15)18-14(16(17)19)11-12-7-3-2-4-8-12/h2-10,14,18H,11H2,1H3,(H2,17,19). The van der Waals surface area contributed by atoms with Crippen LogP contribution >= 0.6 is 0 Å². The molecule has 0 radical (unpaired) electrons. The maximum atomic E-state index is 11.6. The summed E-state index contributed by atoms with van der Waals surface area (Å²) >= 11 is 0. The van der Waals surface area contributed by atoms with Gasteiger partial charge in [0, 0.05) is 6.42 Å². The van der Waals surface area contributed by atoms with Gasteiger partial charge in [0.15, 0.2) is 0 Å². The quantitative estimate of drug-likeness (QED) is 0.845. The average molecular weight is 270 g/mol. The molecule has 104 valence electrons. The Bertz CT molecular complexity index is 570. The first-order valence-corrected chi connectivity index (χ1v) is 6.43. The van der Waals surface area contributed by atoms with E-state index in [-0.39, 0.29) is 5.91 Å². The summed E-state index contributed by atoms with van der Waals surface area (Å²) in [4.78, 5) is 11.6. The molecule has 2 aromatic rings. The summed E-state index contributed by atoms with van der Waals surface area (Å²) in [6.45, 7) is 0. The summed E-state index contributed by atoms with van der Waals surface area (Å²) in [5, 5.41) is 3.15. The Balaban J connectivity index is 2.16. The number of nitrogens with one attached hydrogen (secondary N) is 1. The van der Waals surface area contributed by atoms with Crippen LogP contribution < -0.4 is 15.8 Å². The molecular formula is C16H18N2O2. The van der Waals surface area contributed by atoms with Crippen molar-refractivity contribution < 1.29 is 9.53 Å². The molecule has 0 aliphatic heterocycles. The number of para-hydroxylation sites is 2. The lowest BCUT2D eigenvalue weighted by atomic mass is 10.1. The third-order valence-electron chi connectivity index (χ3n) is 3.06. The molecule has 0 heterocycles. The van der Waals surface area contributed by atoms with Gasteiger partial charge in [-0.25, -0.2) is 0 Å². The molecule has 4 heteroatoms. The van der Waals surface area contributed by atoms with Crippen molar-refractivity contribution in [1.82, 2.24) is 0 Å². The predicted octanol–water partition coefficient (Wildman–Crippen LogP) is 2.20.